The van der Waals surface area contributed by atoms with Crippen molar-refractivity contribution in [3.05, 3.63) is 95.1 Å². The van der Waals surface area contributed by atoms with E-state index in [1.54, 1.807) is 14.2 Å². The lowest BCUT2D eigenvalue weighted by molar-refractivity contribution is 0.407. The molecule has 0 amide bonds. The monoisotopic (exact) mass is 446 g/mol. The minimum Gasteiger partial charge on any atom is -0.496 e. The Morgan fingerprint density at radius 3 is 1.91 bits per heavy atom. The number of hydrogen-bond acceptors (Lipinski definition) is 2. The highest BCUT2D eigenvalue weighted by Gasteiger charge is 2.31. The van der Waals surface area contributed by atoms with E-state index in [9.17, 15) is 0 Å². The van der Waals surface area contributed by atoms with Gasteiger partial charge in [0.05, 0.1) is 14.2 Å². The maximum Gasteiger partial charge on any atom is 0.123 e. The first-order valence-electron chi connectivity index (χ1n) is 12.2. The molecule has 0 aromatic heterocycles. The quantitative estimate of drug-likeness (QED) is 0.318. The van der Waals surface area contributed by atoms with Gasteiger partial charge < -0.3 is 9.47 Å². The van der Waals surface area contributed by atoms with Gasteiger partial charge in [-0.05, 0) is 69.1 Å². The molecule has 4 aromatic carbocycles. The van der Waals surface area contributed by atoms with Gasteiger partial charge in [-0.15, -0.1) is 0 Å². The number of allylic oxidation sites excluding steroid dienone is 4. The summed E-state index contributed by atoms with van der Waals surface area (Å²) in [6, 6.07) is 21.8. The van der Waals surface area contributed by atoms with Gasteiger partial charge >= 0.3 is 0 Å². The van der Waals surface area contributed by atoms with Crippen LogP contribution in [0.2, 0.25) is 0 Å². The Balaban J connectivity index is 1.79. The summed E-state index contributed by atoms with van der Waals surface area (Å²) in [4.78, 5) is 0. The van der Waals surface area contributed by atoms with Crippen LogP contribution in [0, 0.1) is 11.8 Å². The highest BCUT2D eigenvalue weighted by Crippen LogP contribution is 2.50. The predicted molar refractivity (Wildman–Crippen MR) is 142 cm³/mol. The summed E-state index contributed by atoms with van der Waals surface area (Å²) in [5.41, 5.74) is 8.06. The smallest absolute Gasteiger partial charge is 0.123 e. The van der Waals surface area contributed by atoms with Crippen molar-refractivity contribution in [3.8, 4) is 22.6 Å². The Bertz CT molecular complexity index is 1500. The van der Waals surface area contributed by atoms with Crippen LogP contribution in [0.1, 0.15) is 25.0 Å². The average molecular weight is 447 g/mol. The summed E-state index contributed by atoms with van der Waals surface area (Å²) < 4.78 is 12.1. The highest BCUT2D eigenvalue weighted by atomic mass is 16.5. The number of rotatable bonds is 3. The number of methoxy groups -OCH3 is 2. The number of ether oxygens (including phenoxy) is 2. The van der Waals surface area contributed by atoms with Crippen LogP contribution in [-0.4, -0.2) is 14.2 Å². The number of benzene rings is 4. The molecule has 170 valence electrons. The molecule has 0 bridgehead atoms. The SMILES string of the molecule is COc1cc2ccccc2c2c1CC1=CC(C(C)C)=CC1Cc1c(OC)cc3ccccc3c1-2. The highest BCUT2D eigenvalue weighted by molar-refractivity contribution is 6.09. The average Bonchev–Trinajstić information content (AvgIpc) is 3.24. The van der Waals surface area contributed by atoms with E-state index in [1.807, 2.05) is 0 Å². The second kappa shape index (κ2) is 8.06. The first kappa shape index (κ1) is 21.0. The van der Waals surface area contributed by atoms with Crippen LogP contribution >= 0.6 is 0 Å². The molecule has 1 unspecified atom stereocenters. The molecule has 0 radical (unpaired) electrons. The van der Waals surface area contributed by atoms with E-state index in [2.05, 4.69) is 86.7 Å². The Labute approximate surface area is 201 Å². The van der Waals surface area contributed by atoms with E-state index in [-0.39, 0.29) is 0 Å². The lowest BCUT2D eigenvalue weighted by atomic mass is 9.77. The van der Waals surface area contributed by atoms with Gasteiger partial charge in [0.15, 0.2) is 0 Å². The van der Waals surface area contributed by atoms with Crippen molar-refractivity contribution in [1.29, 1.82) is 0 Å². The van der Waals surface area contributed by atoms with Crippen molar-refractivity contribution in [2.75, 3.05) is 14.2 Å². The second-order valence-corrected chi connectivity index (χ2v) is 9.84. The van der Waals surface area contributed by atoms with E-state index in [1.165, 1.54) is 54.9 Å². The molecule has 4 aromatic rings. The molecule has 2 heteroatoms. The molecule has 34 heavy (non-hydrogen) atoms. The van der Waals surface area contributed by atoms with Gasteiger partial charge in [-0.1, -0.05) is 80.1 Å². The maximum atomic E-state index is 6.05. The Hall–Kier alpha value is -3.52. The predicted octanol–water partition coefficient (Wildman–Crippen LogP) is 7.91. The van der Waals surface area contributed by atoms with E-state index >= 15 is 0 Å². The first-order chi connectivity index (χ1) is 16.6. The molecule has 1 atom stereocenters. The fourth-order valence-electron chi connectivity index (χ4n) is 5.91. The molecule has 2 aliphatic carbocycles. The molecule has 6 rings (SSSR count). The lowest BCUT2D eigenvalue weighted by Gasteiger charge is -2.28. The van der Waals surface area contributed by atoms with Crippen LogP contribution in [0.4, 0.5) is 0 Å². The molecule has 0 saturated heterocycles. The first-order valence-corrected chi connectivity index (χ1v) is 12.2. The minimum atomic E-state index is 0.371. The van der Waals surface area contributed by atoms with Crippen molar-refractivity contribution < 1.29 is 9.47 Å². The Morgan fingerprint density at radius 2 is 1.32 bits per heavy atom. The summed E-state index contributed by atoms with van der Waals surface area (Å²) in [6.07, 6.45) is 6.76. The molecule has 0 aliphatic heterocycles. The van der Waals surface area contributed by atoms with Gasteiger partial charge in [-0.2, -0.15) is 0 Å². The normalized spacial score (nSPS) is 16.9. The van der Waals surface area contributed by atoms with Crippen LogP contribution < -0.4 is 9.47 Å². The second-order valence-electron chi connectivity index (χ2n) is 9.84. The van der Waals surface area contributed by atoms with E-state index in [0.29, 0.717) is 11.8 Å². The Morgan fingerprint density at radius 1 is 0.765 bits per heavy atom. The van der Waals surface area contributed by atoms with Gasteiger partial charge in [0, 0.05) is 17.0 Å². The number of fused-ring (bicyclic) bond motifs is 8. The van der Waals surface area contributed by atoms with Gasteiger partial charge in [-0.25, -0.2) is 0 Å². The molecular formula is C32H30O2. The molecule has 0 spiro atoms. The zero-order chi connectivity index (χ0) is 23.4. The molecule has 2 aliphatic rings. The van der Waals surface area contributed by atoms with Crippen LogP contribution in [0.3, 0.4) is 0 Å². The van der Waals surface area contributed by atoms with Gasteiger partial charge in [0.2, 0.25) is 0 Å². The van der Waals surface area contributed by atoms with Crippen molar-refractivity contribution >= 4 is 21.5 Å². The van der Waals surface area contributed by atoms with Crippen molar-refractivity contribution in [3.63, 3.8) is 0 Å². The van der Waals surface area contributed by atoms with Crippen LogP contribution in [0.15, 0.2) is 84.0 Å². The third-order valence-electron chi connectivity index (χ3n) is 7.62. The van der Waals surface area contributed by atoms with Crippen LogP contribution in [0.5, 0.6) is 11.5 Å². The van der Waals surface area contributed by atoms with Gasteiger partial charge in [-0.3, -0.25) is 0 Å². The van der Waals surface area contributed by atoms with Gasteiger partial charge in [0.25, 0.3) is 0 Å². The summed E-state index contributed by atoms with van der Waals surface area (Å²) in [5, 5.41) is 4.95. The molecule has 0 saturated carbocycles. The number of hydrogen-bond donors (Lipinski definition) is 0. The van der Waals surface area contributed by atoms with Gasteiger partial charge in [0.1, 0.15) is 11.5 Å². The summed E-state index contributed by atoms with van der Waals surface area (Å²) in [6.45, 7) is 4.57. The molecule has 0 fully saturated rings. The van der Waals surface area contributed by atoms with Crippen LogP contribution in [-0.2, 0) is 12.8 Å². The summed E-state index contributed by atoms with van der Waals surface area (Å²) in [7, 11) is 3.60. The van der Waals surface area contributed by atoms with Crippen molar-refractivity contribution in [2.24, 2.45) is 11.8 Å². The molecule has 2 nitrogen and oxygen atoms in total. The topological polar surface area (TPSA) is 18.5 Å². The molecule has 0 N–H and O–H groups in total. The maximum absolute atomic E-state index is 6.05. The largest absolute Gasteiger partial charge is 0.496 e. The van der Waals surface area contributed by atoms with E-state index in [4.69, 9.17) is 9.47 Å². The molecular weight excluding hydrogens is 416 g/mol. The fourth-order valence-corrected chi connectivity index (χ4v) is 5.91. The van der Waals surface area contributed by atoms with Crippen molar-refractivity contribution in [2.45, 2.75) is 26.7 Å². The standard InChI is InChI=1S/C32H30O2/c1-19(2)22-13-23-15-27-29(33-3)17-20-9-5-7-11-25(20)31(27)32-26-12-8-6-10-21(26)18-30(34-4)28(32)16-24(23)14-22/h5-14,17-19,23H,15-16H2,1-4H3. The fraction of sp³-hybridized carbons (Fsp3) is 0.250. The van der Waals surface area contributed by atoms with E-state index in [0.717, 1.165) is 24.3 Å². The van der Waals surface area contributed by atoms with E-state index < -0.39 is 0 Å². The zero-order valence-corrected chi connectivity index (χ0v) is 20.3. The third-order valence-corrected chi connectivity index (χ3v) is 7.62. The summed E-state index contributed by atoms with van der Waals surface area (Å²) >= 11 is 0. The lowest BCUT2D eigenvalue weighted by Crippen LogP contribution is -2.13. The Kier molecular flexibility index (Phi) is 4.99. The minimum absolute atomic E-state index is 0.371. The summed E-state index contributed by atoms with van der Waals surface area (Å²) in [5.74, 6) is 2.82. The third kappa shape index (κ3) is 3.16. The van der Waals surface area contributed by atoms with Crippen LogP contribution in [0.25, 0.3) is 32.7 Å². The van der Waals surface area contributed by atoms with Crippen molar-refractivity contribution in [1.82, 2.24) is 0 Å². The molecule has 0 heterocycles. The zero-order valence-electron chi connectivity index (χ0n) is 20.3.